The predicted molar refractivity (Wildman–Crippen MR) is 58.5 cm³/mol. The lowest BCUT2D eigenvalue weighted by Gasteiger charge is -2.35. The molecule has 5 heteroatoms. The molecule has 0 aliphatic carbocycles. The fourth-order valence-electron chi connectivity index (χ4n) is 1.69. The van der Waals surface area contributed by atoms with Gasteiger partial charge in [0.05, 0.1) is 19.3 Å². The van der Waals surface area contributed by atoms with Crippen molar-refractivity contribution in [3.05, 3.63) is 0 Å². The van der Waals surface area contributed by atoms with Crippen LogP contribution in [0.15, 0.2) is 0 Å². The second-order valence-corrected chi connectivity index (χ2v) is 4.18. The summed E-state index contributed by atoms with van der Waals surface area (Å²) in [5.74, 6) is -0.327. The lowest BCUT2D eigenvalue weighted by atomic mass is 10.2. The number of amides is 1. The summed E-state index contributed by atoms with van der Waals surface area (Å²) in [6.45, 7) is 7.95. The van der Waals surface area contributed by atoms with Gasteiger partial charge in [-0.2, -0.15) is 0 Å². The van der Waals surface area contributed by atoms with Crippen molar-refractivity contribution in [2.24, 2.45) is 5.73 Å². The molecule has 0 aromatic heterocycles. The highest BCUT2D eigenvalue weighted by atomic mass is 16.5. The average molecular weight is 215 g/mol. The first kappa shape index (κ1) is 12.4. The number of ether oxygens (including phenoxy) is 1. The van der Waals surface area contributed by atoms with E-state index in [9.17, 15) is 4.79 Å². The minimum Gasteiger partial charge on any atom is -0.374 e. The van der Waals surface area contributed by atoms with Crippen LogP contribution in [0.25, 0.3) is 0 Å². The Morgan fingerprint density at radius 3 is 3.00 bits per heavy atom. The summed E-state index contributed by atoms with van der Waals surface area (Å²) in [7, 11) is 0. The van der Waals surface area contributed by atoms with Gasteiger partial charge in [-0.1, -0.05) is 0 Å². The number of nitrogens with zero attached hydrogens (tertiary/aromatic N) is 1. The van der Waals surface area contributed by atoms with Crippen molar-refractivity contribution in [1.29, 1.82) is 0 Å². The van der Waals surface area contributed by atoms with E-state index in [2.05, 4.69) is 24.1 Å². The summed E-state index contributed by atoms with van der Waals surface area (Å²) in [4.78, 5) is 12.9. The number of nitrogens with two attached hydrogens (primary N) is 1. The molecule has 5 nitrogen and oxygen atoms in total. The molecule has 0 spiro atoms. The molecule has 0 bridgehead atoms. The lowest BCUT2D eigenvalue weighted by Crippen LogP contribution is -2.49. The topological polar surface area (TPSA) is 67.6 Å². The smallest absolute Gasteiger partial charge is 0.231 e. The third kappa shape index (κ3) is 4.59. The SMILES string of the molecule is CC(C)N1CCOC(CNCC(N)=O)C1. The maximum atomic E-state index is 10.5. The van der Waals surface area contributed by atoms with Crippen LogP contribution in [0.3, 0.4) is 0 Å². The summed E-state index contributed by atoms with van der Waals surface area (Å²) in [6.07, 6.45) is 0.167. The van der Waals surface area contributed by atoms with Crippen LogP contribution in [0.5, 0.6) is 0 Å². The van der Waals surface area contributed by atoms with Gasteiger partial charge < -0.3 is 15.8 Å². The molecule has 1 rings (SSSR count). The van der Waals surface area contributed by atoms with E-state index in [1.807, 2.05) is 0 Å². The zero-order chi connectivity index (χ0) is 11.3. The fraction of sp³-hybridized carbons (Fsp3) is 0.900. The number of carbonyl (C=O) groups is 1. The van der Waals surface area contributed by atoms with Crippen molar-refractivity contribution < 1.29 is 9.53 Å². The van der Waals surface area contributed by atoms with Gasteiger partial charge in [0.2, 0.25) is 5.91 Å². The minimum absolute atomic E-state index is 0.167. The standard InChI is InChI=1S/C10H21N3O2/c1-8(2)13-3-4-15-9(7-13)5-12-6-10(11)14/h8-9,12H,3-7H2,1-2H3,(H2,11,14). The fourth-order valence-corrected chi connectivity index (χ4v) is 1.69. The van der Waals surface area contributed by atoms with Crippen LogP contribution < -0.4 is 11.1 Å². The molecule has 1 amide bonds. The predicted octanol–water partition coefficient (Wildman–Crippen LogP) is -0.829. The first-order valence-corrected chi connectivity index (χ1v) is 5.44. The highest BCUT2D eigenvalue weighted by Crippen LogP contribution is 2.07. The van der Waals surface area contributed by atoms with Gasteiger partial charge in [-0.05, 0) is 13.8 Å². The van der Waals surface area contributed by atoms with Crippen molar-refractivity contribution in [3.8, 4) is 0 Å². The van der Waals surface area contributed by atoms with Crippen molar-refractivity contribution >= 4 is 5.91 Å². The number of primary amides is 1. The number of hydrogen-bond acceptors (Lipinski definition) is 4. The van der Waals surface area contributed by atoms with Crippen molar-refractivity contribution in [1.82, 2.24) is 10.2 Å². The summed E-state index contributed by atoms with van der Waals surface area (Å²) in [5.41, 5.74) is 5.03. The number of morpholine rings is 1. The van der Waals surface area contributed by atoms with E-state index in [1.54, 1.807) is 0 Å². The maximum Gasteiger partial charge on any atom is 0.231 e. The largest absolute Gasteiger partial charge is 0.374 e. The number of rotatable bonds is 5. The second kappa shape index (κ2) is 6.05. The van der Waals surface area contributed by atoms with Crippen LogP contribution in [0.1, 0.15) is 13.8 Å². The van der Waals surface area contributed by atoms with Crippen LogP contribution >= 0.6 is 0 Å². The third-order valence-corrected chi connectivity index (χ3v) is 2.57. The number of nitrogens with one attached hydrogen (secondary N) is 1. The highest BCUT2D eigenvalue weighted by molar-refractivity contribution is 5.75. The van der Waals surface area contributed by atoms with Gasteiger partial charge in [-0.15, -0.1) is 0 Å². The molecule has 15 heavy (non-hydrogen) atoms. The van der Waals surface area contributed by atoms with Gasteiger partial charge in [0.1, 0.15) is 0 Å². The Hall–Kier alpha value is -0.650. The van der Waals surface area contributed by atoms with E-state index in [0.717, 1.165) is 19.7 Å². The molecule has 1 saturated heterocycles. The molecule has 0 aromatic carbocycles. The molecular weight excluding hydrogens is 194 g/mol. The van der Waals surface area contributed by atoms with Crippen LogP contribution in [0.4, 0.5) is 0 Å². The van der Waals surface area contributed by atoms with E-state index in [1.165, 1.54) is 0 Å². The molecule has 0 saturated carbocycles. The average Bonchev–Trinajstić information content (AvgIpc) is 2.17. The van der Waals surface area contributed by atoms with E-state index in [0.29, 0.717) is 12.6 Å². The van der Waals surface area contributed by atoms with Crippen molar-refractivity contribution in [2.75, 3.05) is 32.8 Å². The Morgan fingerprint density at radius 2 is 2.40 bits per heavy atom. The molecule has 1 aliphatic heterocycles. The Bertz CT molecular complexity index is 209. The van der Waals surface area contributed by atoms with Gasteiger partial charge in [0, 0.05) is 25.7 Å². The van der Waals surface area contributed by atoms with Crippen LogP contribution in [0, 0.1) is 0 Å². The van der Waals surface area contributed by atoms with Crippen LogP contribution in [-0.2, 0) is 9.53 Å². The van der Waals surface area contributed by atoms with Gasteiger partial charge in [0.15, 0.2) is 0 Å². The summed E-state index contributed by atoms with van der Waals surface area (Å²) >= 11 is 0. The third-order valence-electron chi connectivity index (χ3n) is 2.57. The van der Waals surface area contributed by atoms with Crippen molar-refractivity contribution in [2.45, 2.75) is 26.0 Å². The quantitative estimate of drug-likeness (QED) is 0.628. The Labute approximate surface area is 90.9 Å². The Balaban J connectivity index is 2.21. The number of hydrogen-bond donors (Lipinski definition) is 2. The molecule has 88 valence electrons. The zero-order valence-electron chi connectivity index (χ0n) is 9.53. The molecule has 1 fully saturated rings. The number of carbonyl (C=O) groups excluding carboxylic acids is 1. The molecule has 1 unspecified atom stereocenters. The maximum absolute atomic E-state index is 10.5. The van der Waals surface area contributed by atoms with Gasteiger partial charge in [0.25, 0.3) is 0 Å². The Kier molecular flexibility index (Phi) is 5.01. The second-order valence-electron chi connectivity index (χ2n) is 4.18. The van der Waals surface area contributed by atoms with E-state index in [-0.39, 0.29) is 18.6 Å². The lowest BCUT2D eigenvalue weighted by molar-refractivity contribution is -0.117. The molecule has 1 heterocycles. The Morgan fingerprint density at radius 1 is 1.67 bits per heavy atom. The molecule has 3 N–H and O–H groups in total. The first-order valence-electron chi connectivity index (χ1n) is 5.44. The van der Waals surface area contributed by atoms with Crippen molar-refractivity contribution in [3.63, 3.8) is 0 Å². The molecule has 1 aliphatic rings. The molecule has 0 aromatic rings. The minimum atomic E-state index is -0.327. The normalized spacial score (nSPS) is 23.3. The van der Waals surface area contributed by atoms with Gasteiger partial charge >= 0.3 is 0 Å². The zero-order valence-corrected chi connectivity index (χ0v) is 9.53. The molecular formula is C10H21N3O2. The van der Waals surface area contributed by atoms with E-state index >= 15 is 0 Å². The van der Waals surface area contributed by atoms with Gasteiger partial charge in [-0.25, -0.2) is 0 Å². The van der Waals surface area contributed by atoms with Crippen LogP contribution in [-0.4, -0.2) is 55.7 Å². The first-order chi connectivity index (χ1) is 7.09. The highest BCUT2D eigenvalue weighted by Gasteiger charge is 2.21. The monoisotopic (exact) mass is 215 g/mol. The molecule has 1 atom stereocenters. The summed E-state index contributed by atoms with van der Waals surface area (Å²) in [5, 5.41) is 2.99. The summed E-state index contributed by atoms with van der Waals surface area (Å²) in [6, 6.07) is 0.549. The molecule has 0 radical (unpaired) electrons. The van der Waals surface area contributed by atoms with E-state index in [4.69, 9.17) is 10.5 Å². The van der Waals surface area contributed by atoms with E-state index < -0.39 is 0 Å². The van der Waals surface area contributed by atoms with Gasteiger partial charge in [-0.3, -0.25) is 9.69 Å². The summed E-state index contributed by atoms with van der Waals surface area (Å²) < 4.78 is 5.58. The van der Waals surface area contributed by atoms with Crippen LogP contribution in [0.2, 0.25) is 0 Å².